The van der Waals surface area contributed by atoms with Gasteiger partial charge in [-0.15, -0.1) is 0 Å². The highest BCUT2D eigenvalue weighted by Crippen LogP contribution is 2.23. The summed E-state index contributed by atoms with van der Waals surface area (Å²) in [5.41, 5.74) is 0. The molecule has 0 amide bonds. The summed E-state index contributed by atoms with van der Waals surface area (Å²) in [6.07, 6.45) is 1.30. The fourth-order valence-electron chi connectivity index (χ4n) is 1.60. The molecule has 1 rings (SSSR count). The summed E-state index contributed by atoms with van der Waals surface area (Å²) in [6.45, 7) is -0.464. The standard InChI is InChI=1S/C8H15NO5S/c10-7(8(11)12)5-9-15(13,14)6-3-1-2-4-6/h6-7,9-10H,1-5H2,(H,11,12). The van der Waals surface area contributed by atoms with Gasteiger partial charge in [-0.2, -0.15) is 0 Å². The molecular formula is C8H15NO5S. The van der Waals surface area contributed by atoms with Crippen LogP contribution in [0.5, 0.6) is 0 Å². The molecule has 0 bridgehead atoms. The van der Waals surface area contributed by atoms with E-state index >= 15 is 0 Å². The summed E-state index contributed by atoms with van der Waals surface area (Å²) < 4.78 is 25.2. The van der Waals surface area contributed by atoms with Crippen LogP contribution < -0.4 is 4.72 Å². The van der Waals surface area contributed by atoms with Crippen molar-refractivity contribution in [3.63, 3.8) is 0 Å². The zero-order chi connectivity index (χ0) is 11.5. The molecule has 1 fully saturated rings. The highest BCUT2D eigenvalue weighted by Gasteiger charge is 2.29. The van der Waals surface area contributed by atoms with E-state index in [-0.39, 0.29) is 0 Å². The van der Waals surface area contributed by atoms with Crippen molar-refractivity contribution in [1.29, 1.82) is 0 Å². The lowest BCUT2D eigenvalue weighted by Crippen LogP contribution is -2.40. The van der Waals surface area contributed by atoms with Crippen LogP contribution >= 0.6 is 0 Å². The molecule has 88 valence electrons. The van der Waals surface area contributed by atoms with Crippen molar-refractivity contribution in [1.82, 2.24) is 4.72 Å². The maximum atomic E-state index is 11.5. The Bertz CT molecular complexity index is 320. The fourth-order valence-corrected chi connectivity index (χ4v) is 3.18. The molecule has 1 aliphatic rings. The molecule has 1 unspecified atom stereocenters. The van der Waals surface area contributed by atoms with Crippen LogP contribution in [0.15, 0.2) is 0 Å². The minimum atomic E-state index is -3.46. The van der Waals surface area contributed by atoms with Crippen molar-refractivity contribution in [3.05, 3.63) is 0 Å². The third-order valence-corrected chi connectivity index (χ3v) is 4.42. The molecule has 0 radical (unpaired) electrons. The van der Waals surface area contributed by atoms with Crippen LogP contribution in [0.1, 0.15) is 25.7 Å². The van der Waals surface area contributed by atoms with Gasteiger partial charge in [-0.1, -0.05) is 12.8 Å². The molecule has 7 heteroatoms. The van der Waals surface area contributed by atoms with E-state index in [1.807, 2.05) is 0 Å². The average molecular weight is 237 g/mol. The van der Waals surface area contributed by atoms with Crippen LogP contribution in [0, 0.1) is 0 Å². The van der Waals surface area contributed by atoms with Crippen LogP contribution in [-0.4, -0.2) is 42.5 Å². The van der Waals surface area contributed by atoms with Crippen molar-refractivity contribution in [2.75, 3.05) is 6.54 Å². The normalized spacial score (nSPS) is 20.3. The Kier molecular flexibility index (Phi) is 4.06. The first-order valence-corrected chi connectivity index (χ1v) is 6.37. The summed E-state index contributed by atoms with van der Waals surface area (Å²) in [6, 6.07) is 0. The maximum Gasteiger partial charge on any atom is 0.333 e. The Morgan fingerprint density at radius 1 is 1.40 bits per heavy atom. The molecule has 1 saturated carbocycles. The number of aliphatic carboxylic acids is 1. The lowest BCUT2D eigenvalue weighted by Gasteiger charge is -2.13. The zero-order valence-corrected chi connectivity index (χ0v) is 9.03. The van der Waals surface area contributed by atoms with E-state index < -0.39 is 33.9 Å². The number of sulfonamides is 1. The SMILES string of the molecule is O=C(O)C(O)CNS(=O)(=O)C1CCCC1. The number of carboxylic acids is 1. The summed E-state index contributed by atoms with van der Waals surface area (Å²) in [5.74, 6) is -1.43. The molecule has 6 nitrogen and oxygen atoms in total. The van der Waals surface area contributed by atoms with Gasteiger partial charge in [0.1, 0.15) is 0 Å². The lowest BCUT2D eigenvalue weighted by atomic mass is 10.4. The monoisotopic (exact) mass is 237 g/mol. The largest absolute Gasteiger partial charge is 0.479 e. The van der Waals surface area contributed by atoms with Gasteiger partial charge in [-0.25, -0.2) is 17.9 Å². The van der Waals surface area contributed by atoms with Crippen molar-refractivity contribution < 1.29 is 23.4 Å². The van der Waals surface area contributed by atoms with E-state index in [2.05, 4.69) is 4.72 Å². The van der Waals surface area contributed by atoms with Crippen molar-refractivity contribution >= 4 is 16.0 Å². The Hall–Kier alpha value is -0.660. The summed E-state index contributed by atoms with van der Waals surface area (Å²) >= 11 is 0. The molecule has 0 saturated heterocycles. The predicted octanol–water partition coefficient (Wildman–Crippen LogP) is -0.706. The number of aliphatic hydroxyl groups excluding tert-OH is 1. The Balaban J connectivity index is 2.46. The number of carboxylic acid groups (broad SMARTS) is 1. The van der Waals surface area contributed by atoms with Crippen LogP contribution in [0.25, 0.3) is 0 Å². The number of aliphatic hydroxyl groups is 1. The molecule has 0 aliphatic heterocycles. The molecule has 0 aromatic carbocycles. The summed E-state index contributed by atoms with van der Waals surface area (Å²) in [7, 11) is -3.46. The Morgan fingerprint density at radius 2 is 1.93 bits per heavy atom. The van der Waals surface area contributed by atoms with Crippen molar-refractivity contribution in [3.8, 4) is 0 Å². The Labute approximate surface area is 88.3 Å². The van der Waals surface area contributed by atoms with E-state index in [4.69, 9.17) is 10.2 Å². The number of hydrogen-bond donors (Lipinski definition) is 3. The van der Waals surface area contributed by atoms with Gasteiger partial charge in [0.05, 0.1) is 5.25 Å². The second-order valence-electron chi connectivity index (χ2n) is 3.65. The first-order valence-electron chi connectivity index (χ1n) is 4.83. The van der Waals surface area contributed by atoms with Crippen LogP contribution in [0.3, 0.4) is 0 Å². The molecule has 3 N–H and O–H groups in total. The first kappa shape index (κ1) is 12.4. The van der Waals surface area contributed by atoms with Gasteiger partial charge < -0.3 is 10.2 Å². The van der Waals surface area contributed by atoms with Gasteiger partial charge in [0.2, 0.25) is 10.0 Å². The smallest absolute Gasteiger partial charge is 0.333 e. The second kappa shape index (κ2) is 4.91. The van der Waals surface area contributed by atoms with Gasteiger partial charge in [0.25, 0.3) is 0 Å². The molecule has 0 aromatic heterocycles. The van der Waals surface area contributed by atoms with Gasteiger partial charge in [0.15, 0.2) is 6.10 Å². The highest BCUT2D eigenvalue weighted by molar-refractivity contribution is 7.90. The number of hydrogen-bond acceptors (Lipinski definition) is 4. The molecule has 1 aliphatic carbocycles. The van der Waals surface area contributed by atoms with E-state index in [1.165, 1.54) is 0 Å². The minimum Gasteiger partial charge on any atom is -0.479 e. The second-order valence-corrected chi connectivity index (χ2v) is 5.70. The average Bonchev–Trinajstić information content (AvgIpc) is 2.67. The van der Waals surface area contributed by atoms with Crippen LogP contribution in [0.2, 0.25) is 0 Å². The molecule has 0 spiro atoms. The Morgan fingerprint density at radius 3 is 2.40 bits per heavy atom. The van der Waals surface area contributed by atoms with Crippen molar-refractivity contribution in [2.24, 2.45) is 0 Å². The van der Waals surface area contributed by atoms with E-state index in [0.29, 0.717) is 12.8 Å². The molecular weight excluding hydrogens is 222 g/mol. The van der Waals surface area contributed by atoms with Gasteiger partial charge in [-0.05, 0) is 12.8 Å². The summed E-state index contributed by atoms with van der Waals surface area (Å²) in [4.78, 5) is 10.3. The third kappa shape index (κ3) is 3.44. The van der Waals surface area contributed by atoms with Gasteiger partial charge in [-0.3, -0.25) is 0 Å². The highest BCUT2D eigenvalue weighted by atomic mass is 32.2. The lowest BCUT2D eigenvalue weighted by molar-refractivity contribution is -0.146. The molecule has 0 aromatic rings. The maximum absolute atomic E-state index is 11.5. The van der Waals surface area contributed by atoms with Gasteiger partial charge in [0, 0.05) is 6.54 Å². The van der Waals surface area contributed by atoms with Crippen LogP contribution in [0.4, 0.5) is 0 Å². The van der Waals surface area contributed by atoms with Gasteiger partial charge >= 0.3 is 5.97 Å². The zero-order valence-electron chi connectivity index (χ0n) is 8.22. The number of rotatable bonds is 5. The fraction of sp³-hybridized carbons (Fsp3) is 0.875. The first-order chi connectivity index (χ1) is 6.93. The molecule has 1 atom stereocenters. The number of carbonyl (C=O) groups is 1. The minimum absolute atomic E-state index is 0.432. The van der Waals surface area contributed by atoms with E-state index in [0.717, 1.165) is 12.8 Å². The summed E-state index contributed by atoms with van der Waals surface area (Å²) in [5, 5.41) is 16.8. The predicted molar refractivity (Wildman–Crippen MR) is 52.8 cm³/mol. The number of nitrogens with one attached hydrogen (secondary N) is 1. The van der Waals surface area contributed by atoms with E-state index in [1.54, 1.807) is 0 Å². The molecule has 15 heavy (non-hydrogen) atoms. The molecule has 0 heterocycles. The quantitative estimate of drug-likeness (QED) is 0.586. The van der Waals surface area contributed by atoms with Crippen LogP contribution in [-0.2, 0) is 14.8 Å². The topological polar surface area (TPSA) is 104 Å². The van der Waals surface area contributed by atoms with E-state index in [9.17, 15) is 13.2 Å². The van der Waals surface area contributed by atoms with Crippen molar-refractivity contribution in [2.45, 2.75) is 37.0 Å². The third-order valence-electron chi connectivity index (χ3n) is 2.50.